The number of esters is 1. The van der Waals surface area contributed by atoms with Crippen LogP contribution in [0.15, 0.2) is 48.5 Å². The fraction of sp³-hybridized carbons (Fsp3) is 0.333. The number of aliphatic carboxylic acids is 1. The van der Waals surface area contributed by atoms with Crippen molar-refractivity contribution in [2.24, 2.45) is 0 Å². The summed E-state index contributed by atoms with van der Waals surface area (Å²) in [6, 6.07) is 12.7. The molecule has 3 N–H and O–H groups in total. The van der Waals surface area contributed by atoms with Crippen molar-refractivity contribution in [3.05, 3.63) is 59.7 Å². The molecule has 0 aliphatic heterocycles. The van der Waals surface area contributed by atoms with Gasteiger partial charge in [0.25, 0.3) is 5.91 Å². The van der Waals surface area contributed by atoms with E-state index >= 15 is 0 Å². The maximum atomic E-state index is 12.5. The zero-order valence-electron chi connectivity index (χ0n) is 18.4. The van der Waals surface area contributed by atoms with Crippen molar-refractivity contribution in [2.75, 3.05) is 13.2 Å². The number of carbonyl (C=O) groups is 4. The minimum atomic E-state index is -1.74. The minimum Gasteiger partial charge on any atom is -0.480 e. The molecule has 9 heteroatoms. The maximum absolute atomic E-state index is 12.5. The number of hydrogen-bond acceptors (Lipinski definition) is 6. The van der Waals surface area contributed by atoms with Crippen LogP contribution >= 0.6 is 0 Å². The molecule has 1 aliphatic carbocycles. The highest BCUT2D eigenvalue weighted by Crippen LogP contribution is 2.44. The third kappa shape index (κ3) is 5.31. The summed E-state index contributed by atoms with van der Waals surface area (Å²) in [5.41, 5.74) is 4.15. The van der Waals surface area contributed by atoms with Crippen LogP contribution in [0.2, 0.25) is 0 Å². The van der Waals surface area contributed by atoms with Crippen molar-refractivity contribution in [1.29, 1.82) is 0 Å². The van der Waals surface area contributed by atoms with Crippen LogP contribution in [0.3, 0.4) is 0 Å². The molecule has 0 spiro atoms. The molecule has 174 valence electrons. The first kappa shape index (κ1) is 23.8. The van der Waals surface area contributed by atoms with E-state index in [0.717, 1.165) is 22.3 Å². The summed E-state index contributed by atoms with van der Waals surface area (Å²) in [5, 5.41) is 13.6. The lowest BCUT2D eigenvalue weighted by molar-refractivity contribution is -0.151. The highest BCUT2D eigenvalue weighted by atomic mass is 16.6. The third-order valence-corrected chi connectivity index (χ3v) is 5.41. The number of fused-ring (bicyclic) bond motifs is 3. The van der Waals surface area contributed by atoms with E-state index in [0.29, 0.717) is 0 Å². The van der Waals surface area contributed by atoms with E-state index in [4.69, 9.17) is 14.6 Å². The van der Waals surface area contributed by atoms with Crippen LogP contribution in [0, 0.1) is 0 Å². The second kappa shape index (κ2) is 10.6. The molecule has 0 aromatic heterocycles. The van der Waals surface area contributed by atoms with Gasteiger partial charge in [-0.1, -0.05) is 55.5 Å². The number of alkyl carbamates (subject to hydrolysis) is 1. The van der Waals surface area contributed by atoms with Gasteiger partial charge in [0.2, 0.25) is 6.04 Å². The molecule has 2 aromatic rings. The molecule has 0 radical (unpaired) electrons. The molecule has 2 atom stereocenters. The van der Waals surface area contributed by atoms with Crippen LogP contribution in [0.1, 0.15) is 37.3 Å². The highest BCUT2D eigenvalue weighted by molar-refractivity contribution is 6.05. The van der Waals surface area contributed by atoms with Crippen LogP contribution in [0.4, 0.5) is 4.79 Å². The molecule has 33 heavy (non-hydrogen) atoms. The Bertz CT molecular complexity index is 1010. The molecule has 1 aliphatic rings. The Morgan fingerprint density at radius 1 is 0.909 bits per heavy atom. The van der Waals surface area contributed by atoms with Crippen LogP contribution in [-0.4, -0.2) is 54.3 Å². The summed E-state index contributed by atoms with van der Waals surface area (Å²) in [7, 11) is 0. The first-order chi connectivity index (χ1) is 15.9. The summed E-state index contributed by atoms with van der Waals surface area (Å²) in [5.74, 6) is -3.45. The van der Waals surface area contributed by atoms with E-state index in [9.17, 15) is 19.2 Å². The van der Waals surface area contributed by atoms with E-state index in [-0.39, 0.29) is 25.6 Å². The Morgan fingerprint density at radius 3 is 2.00 bits per heavy atom. The summed E-state index contributed by atoms with van der Waals surface area (Å²) in [6.45, 7) is 3.08. The van der Waals surface area contributed by atoms with Gasteiger partial charge in [0, 0.05) is 5.92 Å². The van der Waals surface area contributed by atoms with Gasteiger partial charge in [-0.3, -0.25) is 10.1 Å². The van der Waals surface area contributed by atoms with E-state index in [2.05, 4.69) is 10.6 Å². The number of benzene rings is 2. The van der Waals surface area contributed by atoms with E-state index in [1.807, 2.05) is 48.5 Å². The normalized spacial score (nSPS) is 13.8. The molecule has 0 heterocycles. The number of amides is 2. The number of rotatable bonds is 9. The van der Waals surface area contributed by atoms with Crippen LogP contribution in [-0.2, 0) is 23.9 Å². The topological polar surface area (TPSA) is 131 Å². The number of ether oxygens (including phenoxy) is 2. The number of hydrogen-bond donors (Lipinski definition) is 3. The fourth-order valence-electron chi connectivity index (χ4n) is 3.81. The van der Waals surface area contributed by atoms with Crippen LogP contribution in [0.25, 0.3) is 11.1 Å². The molecule has 2 unspecified atom stereocenters. The standard InChI is InChI=1S/C24H26N2O7/c1-3-19(22(28)29)25-21(27)20(23(30)32-4-2)26-24(31)33-13-18-16-11-7-5-9-14(16)15-10-6-8-12-17(15)18/h5-12,18-20H,3-4,13H2,1-2H3,(H,25,27)(H,26,31)(H,28,29). The molecule has 2 amide bonds. The molecule has 2 aromatic carbocycles. The van der Waals surface area contributed by atoms with Gasteiger partial charge < -0.3 is 19.9 Å². The van der Waals surface area contributed by atoms with E-state index < -0.39 is 36.0 Å². The largest absolute Gasteiger partial charge is 0.480 e. The molecule has 9 nitrogen and oxygen atoms in total. The zero-order valence-corrected chi connectivity index (χ0v) is 18.4. The first-order valence-electron chi connectivity index (χ1n) is 10.7. The average Bonchev–Trinajstić information content (AvgIpc) is 3.13. The van der Waals surface area contributed by atoms with Crippen molar-refractivity contribution >= 4 is 23.9 Å². The minimum absolute atomic E-state index is 0.0102. The van der Waals surface area contributed by atoms with Gasteiger partial charge in [0.05, 0.1) is 6.61 Å². The lowest BCUT2D eigenvalue weighted by Crippen LogP contribution is -2.55. The lowest BCUT2D eigenvalue weighted by atomic mass is 9.98. The summed E-state index contributed by atoms with van der Waals surface area (Å²) >= 11 is 0. The van der Waals surface area contributed by atoms with Gasteiger partial charge in [-0.25, -0.2) is 14.4 Å². The van der Waals surface area contributed by atoms with Gasteiger partial charge in [-0.15, -0.1) is 0 Å². The maximum Gasteiger partial charge on any atom is 0.408 e. The van der Waals surface area contributed by atoms with Crippen LogP contribution in [0.5, 0.6) is 0 Å². The van der Waals surface area contributed by atoms with Gasteiger partial charge in [-0.2, -0.15) is 0 Å². The Kier molecular flexibility index (Phi) is 7.66. The fourth-order valence-corrected chi connectivity index (χ4v) is 3.81. The van der Waals surface area contributed by atoms with Crippen LogP contribution < -0.4 is 10.6 Å². The second-order valence-electron chi connectivity index (χ2n) is 7.46. The number of carboxylic acid groups (broad SMARTS) is 1. The van der Waals surface area contributed by atoms with Crippen molar-refractivity contribution in [3.63, 3.8) is 0 Å². The molecule has 0 bridgehead atoms. The highest BCUT2D eigenvalue weighted by Gasteiger charge is 2.34. The van der Waals surface area contributed by atoms with Crippen molar-refractivity contribution in [1.82, 2.24) is 10.6 Å². The van der Waals surface area contributed by atoms with E-state index in [1.165, 1.54) is 0 Å². The molecule has 3 rings (SSSR count). The Labute approximate surface area is 191 Å². The summed E-state index contributed by atoms with van der Waals surface area (Å²) in [4.78, 5) is 48.5. The predicted molar refractivity (Wildman–Crippen MR) is 118 cm³/mol. The third-order valence-electron chi connectivity index (χ3n) is 5.41. The smallest absolute Gasteiger partial charge is 0.408 e. The molecular weight excluding hydrogens is 428 g/mol. The Hall–Kier alpha value is -3.88. The number of carboxylic acids is 1. The average molecular weight is 454 g/mol. The Balaban J connectivity index is 1.70. The van der Waals surface area contributed by atoms with Gasteiger partial charge in [0.1, 0.15) is 12.6 Å². The lowest BCUT2D eigenvalue weighted by Gasteiger charge is -2.20. The van der Waals surface area contributed by atoms with Crippen molar-refractivity contribution in [2.45, 2.75) is 38.3 Å². The summed E-state index contributed by atoms with van der Waals surface area (Å²) < 4.78 is 10.2. The molecular formula is C24H26N2O7. The quantitative estimate of drug-likeness (QED) is 0.392. The van der Waals surface area contributed by atoms with Gasteiger partial charge >= 0.3 is 18.0 Å². The Morgan fingerprint density at radius 2 is 1.48 bits per heavy atom. The van der Waals surface area contributed by atoms with Gasteiger partial charge in [0.15, 0.2) is 0 Å². The van der Waals surface area contributed by atoms with E-state index in [1.54, 1.807) is 13.8 Å². The van der Waals surface area contributed by atoms with Crippen molar-refractivity contribution in [3.8, 4) is 11.1 Å². The molecule has 0 fully saturated rings. The second-order valence-corrected chi connectivity index (χ2v) is 7.46. The van der Waals surface area contributed by atoms with Crippen molar-refractivity contribution < 1.29 is 33.8 Å². The SMILES string of the molecule is CCOC(=O)C(NC(=O)OCC1c2ccccc2-c2ccccc21)C(=O)NC(CC)C(=O)O. The monoisotopic (exact) mass is 454 g/mol. The predicted octanol–water partition coefficient (Wildman–Crippen LogP) is 2.44. The molecule has 0 saturated carbocycles. The number of nitrogens with one attached hydrogen (secondary N) is 2. The number of carbonyl (C=O) groups excluding carboxylic acids is 3. The van der Waals surface area contributed by atoms with Gasteiger partial charge in [-0.05, 0) is 35.6 Å². The summed E-state index contributed by atoms with van der Waals surface area (Å²) in [6.07, 6.45) is -0.893. The first-order valence-corrected chi connectivity index (χ1v) is 10.7. The molecule has 0 saturated heterocycles. The zero-order chi connectivity index (χ0) is 24.0.